The van der Waals surface area contributed by atoms with E-state index >= 15 is 0 Å². The highest BCUT2D eigenvalue weighted by molar-refractivity contribution is 5.91. The zero-order valence-electron chi connectivity index (χ0n) is 20.0. The maximum absolute atomic E-state index is 14.0. The smallest absolute Gasteiger partial charge is 0.245 e. The highest BCUT2D eigenvalue weighted by Gasteiger charge is 2.57. The van der Waals surface area contributed by atoms with E-state index in [4.69, 9.17) is 0 Å². The normalized spacial score (nSPS) is 36.2. The summed E-state index contributed by atoms with van der Waals surface area (Å²) in [5, 5.41) is 0. The number of carbonyl (C=O) groups excluding carboxylic acids is 2. The molecule has 178 valence electrons. The van der Waals surface area contributed by atoms with Crippen molar-refractivity contribution < 1.29 is 9.59 Å². The second-order valence-corrected chi connectivity index (χ2v) is 11.8. The molecular formula is C28H39N3O2. The topological polar surface area (TPSA) is 43.9 Å². The highest BCUT2D eigenvalue weighted by atomic mass is 16.2. The molecule has 2 heterocycles. The van der Waals surface area contributed by atoms with Crippen molar-refractivity contribution in [3.05, 3.63) is 35.9 Å². The molecule has 2 amide bonds. The highest BCUT2D eigenvalue weighted by Crippen LogP contribution is 2.60. The lowest BCUT2D eigenvalue weighted by Gasteiger charge is -2.56. The van der Waals surface area contributed by atoms with Crippen LogP contribution in [0.2, 0.25) is 0 Å². The molecule has 5 heteroatoms. The molecule has 4 aliphatic carbocycles. The van der Waals surface area contributed by atoms with Gasteiger partial charge in [0.15, 0.2) is 0 Å². The Morgan fingerprint density at radius 2 is 1.52 bits per heavy atom. The van der Waals surface area contributed by atoms with Gasteiger partial charge >= 0.3 is 0 Å². The van der Waals surface area contributed by atoms with Gasteiger partial charge in [-0.15, -0.1) is 0 Å². The summed E-state index contributed by atoms with van der Waals surface area (Å²) < 4.78 is 0. The number of carbonyl (C=O) groups is 2. The van der Waals surface area contributed by atoms with Crippen LogP contribution in [0, 0.1) is 23.2 Å². The van der Waals surface area contributed by atoms with Gasteiger partial charge in [-0.2, -0.15) is 0 Å². The number of hydrogen-bond donors (Lipinski definition) is 0. The molecule has 4 saturated carbocycles. The summed E-state index contributed by atoms with van der Waals surface area (Å²) in [7, 11) is 0. The van der Waals surface area contributed by atoms with Gasteiger partial charge in [0, 0.05) is 39.3 Å². The van der Waals surface area contributed by atoms with Crippen molar-refractivity contribution in [2.45, 2.75) is 70.4 Å². The van der Waals surface area contributed by atoms with Crippen LogP contribution in [-0.4, -0.2) is 65.3 Å². The van der Waals surface area contributed by atoms with E-state index in [0.29, 0.717) is 5.91 Å². The van der Waals surface area contributed by atoms with Crippen LogP contribution in [0.4, 0.5) is 0 Å². The first kappa shape index (κ1) is 21.6. The Bertz CT molecular complexity index is 849. The SMILES string of the molecule is O=C(C1CCCN1C(=O)C12CC3CC(CC(C3)C1)C2)N1CCCN(Cc2ccccc2)CC1. The van der Waals surface area contributed by atoms with Gasteiger partial charge in [-0.05, 0) is 81.1 Å². The van der Waals surface area contributed by atoms with Crippen molar-refractivity contribution in [1.82, 2.24) is 14.7 Å². The molecule has 0 N–H and O–H groups in total. The third-order valence-electron chi connectivity index (χ3n) is 9.44. The molecule has 33 heavy (non-hydrogen) atoms. The lowest BCUT2D eigenvalue weighted by atomic mass is 9.49. The molecule has 5 nitrogen and oxygen atoms in total. The summed E-state index contributed by atoms with van der Waals surface area (Å²) in [4.78, 5) is 34.2. The molecule has 0 spiro atoms. The fourth-order valence-electron chi connectivity index (χ4n) is 8.35. The number of benzene rings is 1. The van der Waals surface area contributed by atoms with Crippen LogP contribution in [-0.2, 0) is 16.1 Å². The molecule has 2 saturated heterocycles. The molecule has 4 bridgehead atoms. The van der Waals surface area contributed by atoms with Gasteiger partial charge in [-0.3, -0.25) is 14.5 Å². The van der Waals surface area contributed by atoms with Crippen molar-refractivity contribution in [2.24, 2.45) is 23.2 Å². The molecule has 1 unspecified atom stereocenters. The Morgan fingerprint density at radius 3 is 2.21 bits per heavy atom. The van der Waals surface area contributed by atoms with Crippen LogP contribution in [0.5, 0.6) is 0 Å². The average molecular weight is 450 g/mol. The summed E-state index contributed by atoms with van der Waals surface area (Å²) in [6.07, 6.45) is 10.2. The Hall–Kier alpha value is -1.88. The Labute approximate surface area is 198 Å². The fourth-order valence-corrected chi connectivity index (χ4v) is 8.35. The molecule has 1 aromatic rings. The van der Waals surface area contributed by atoms with Crippen molar-refractivity contribution in [2.75, 3.05) is 32.7 Å². The predicted molar refractivity (Wildman–Crippen MR) is 128 cm³/mol. The Morgan fingerprint density at radius 1 is 0.818 bits per heavy atom. The molecule has 2 aliphatic heterocycles. The summed E-state index contributed by atoms with van der Waals surface area (Å²) >= 11 is 0. The standard InChI is InChI=1S/C28H39N3O2/c32-26(30-10-5-9-29(12-13-30)20-21-6-2-1-3-7-21)25-8-4-11-31(25)27(33)28-17-22-14-23(18-28)16-24(15-22)19-28/h1-3,6-7,22-25H,4-5,8-20H2. The minimum atomic E-state index is -0.217. The largest absolute Gasteiger partial charge is 0.340 e. The van der Waals surface area contributed by atoms with Crippen molar-refractivity contribution in [1.29, 1.82) is 0 Å². The van der Waals surface area contributed by atoms with Crippen LogP contribution < -0.4 is 0 Å². The maximum Gasteiger partial charge on any atom is 0.245 e. The van der Waals surface area contributed by atoms with Gasteiger partial charge in [0.1, 0.15) is 6.04 Å². The zero-order chi connectivity index (χ0) is 22.4. The molecule has 6 fully saturated rings. The van der Waals surface area contributed by atoms with E-state index in [1.807, 2.05) is 4.90 Å². The van der Waals surface area contributed by atoms with E-state index < -0.39 is 0 Å². The van der Waals surface area contributed by atoms with Crippen LogP contribution in [0.3, 0.4) is 0 Å². The van der Waals surface area contributed by atoms with E-state index in [0.717, 1.165) is 95.5 Å². The third kappa shape index (κ3) is 4.11. The Kier molecular flexibility index (Phi) is 5.72. The van der Waals surface area contributed by atoms with Gasteiger partial charge in [0.05, 0.1) is 5.41 Å². The molecule has 1 atom stereocenters. The van der Waals surface area contributed by atoms with E-state index in [9.17, 15) is 9.59 Å². The maximum atomic E-state index is 14.0. The molecule has 7 rings (SSSR count). The quantitative estimate of drug-likeness (QED) is 0.700. The van der Waals surface area contributed by atoms with Crippen LogP contribution in [0.1, 0.15) is 63.4 Å². The molecular weight excluding hydrogens is 410 g/mol. The van der Waals surface area contributed by atoms with Crippen LogP contribution in [0.25, 0.3) is 0 Å². The summed E-state index contributed by atoms with van der Waals surface area (Å²) in [5.74, 6) is 2.85. The fraction of sp³-hybridized carbons (Fsp3) is 0.714. The van der Waals surface area contributed by atoms with E-state index in [2.05, 4.69) is 40.1 Å². The Balaban J connectivity index is 1.11. The van der Waals surface area contributed by atoms with Gasteiger partial charge < -0.3 is 9.80 Å². The molecule has 6 aliphatic rings. The summed E-state index contributed by atoms with van der Waals surface area (Å²) in [5.41, 5.74) is 1.20. The third-order valence-corrected chi connectivity index (χ3v) is 9.44. The van der Waals surface area contributed by atoms with Crippen molar-refractivity contribution >= 4 is 11.8 Å². The second kappa shape index (κ2) is 8.72. The first-order valence-electron chi connectivity index (χ1n) is 13.5. The van der Waals surface area contributed by atoms with Crippen LogP contribution in [0.15, 0.2) is 30.3 Å². The van der Waals surface area contributed by atoms with Gasteiger partial charge in [-0.25, -0.2) is 0 Å². The monoisotopic (exact) mass is 449 g/mol. The van der Waals surface area contributed by atoms with E-state index in [1.165, 1.54) is 24.8 Å². The number of amides is 2. The number of nitrogens with zero attached hydrogens (tertiary/aromatic N) is 3. The molecule has 0 radical (unpaired) electrons. The summed E-state index contributed by atoms with van der Waals surface area (Å²) in [6.45, 7) is 5.27. The van der Waals surface area contributed by atoms with E-state index in [1.54, 1.807) is 0 Å². The predicted octanol–water partition coefficient (Wildman–Crippen LogP) is 3.93. The number of hydrogen-bond acceptors (Lipinski definition) is 3. The van der Waals surface area contributed by atoms with Crippen molar-refractivity contribution in [3.63, 3.8) is 0 Å². The van der Waals surface area contributed by atoms with Gasteiger partial charge in [0.2, 0.25) is 11.8 Å². The number of likely N-dealkylation sites (tertiary alicyclic amines) is 1. The number of rotatable bonds is 4. The lowest BCUT2D eigenvalue weighted by Crippen LogP contribution is -2.57. The van der Waals surface area contributed by atoms with Crippen molar-refractivity contribution in [3.8, 4) is 0 Å². The molecule has 0 aromatic heterocycles. The summed E-state index contributed by atoms with van der Waals surface area (Å²) in [6, 6.07) is 10.4. The van der Waals surface area contributed by atoms with Gasteiger partial charge in [-0.1, -0.05) is 30.3 Å². The van der Waals surface area contributed by atoms with E-state index in [-0.39, 0.29) is 17.4 Å². The first-order chi connectivity index (χ1) is 16.1. The molecule has 1 aromatic carbocycles. The first-order valence-corrected chi connectivity index (χ1v) is 13.5. The zero-order valence-corrected chi connectivity index (χ0v) is 20.0. The minimum Gasteiger partial charge on any atom is -0.340 e. The second-order valence-electron chi connectivity index (χ2n) is 11.8. The average Bonchev–Trinajstić information content (AvgIpc) is 3.18. The lowest BCUT2D eigenvalue weighted by molar-refractivity contribution is -0.162. The van der Waals surface area contributed by atoms with Gasteiger partial charge in [0.25, 0.3) is 0 Å². The van der Waals surface area contributed by atoms with Crippen LogP contribution >= 0.6 is 0 Å². The minimum absolute atomic E-state index is 0.136.